The highest BCUT2D eigenvalue weighted by Crippen LogP contribution is 2.33. The number of nitrogens with zero attached hydrogens (tertiary/aromatic N) is 1. The van der Waals surface area contributed by atoms with Crippen LogP contribution in [-0.2, 0) is 0 Å². The van der Waals surface area contributed by atoms with E-state index in [2.05, 4.69) is 11.2 Å². The van der Waals surface area contributed by atoms with Gasteiger partial charge in [0, 0.05) is 16.6 Å². The van der Waals surface area contributed by atoms with Crippen molar-refractivity contribution in [1.29, 1.82) is 0 Å². The van der Waals surface area contributed by atoms with Gasteiger partial charge in [0.15, 0.2) is 0 Å². The van der Waals surface area contributed by atoms with Gasteiger partial charge in [-0.1, -0.05) is 42.7 Å². The summed E-state index contributed by atoms with van der Waals surface area (Å²) in [5.74, 6) is 0.645. The smallest absolute Gasteiger partial charge is 0.127 e. The molecule has 0 bridgehead atoms. The van der Waals surface area contributed by atoms with Crippen LogP contribution in [-0.4, -0.2) is 9.78 Å². The van der Waals surface area contributed by atoms with Crippen molar-refractivity contribution in [3.63, 3.8) is 0 Å². The van der Waals surface area contributed by atoms with Gasteiger partial charge in [-0.3, -0.25) is 5.10 Å². The van der Waals surface area contributed by atoms with Crippen molar-refractivity contribution in [2.75, 3.05) is 0 Å². The van der Waals surface area contributed by atoms with E-state index in [1.165, 1.54) is 31.4 Å². The van der Waals surface area contributed by atoms with Crippen LogP contribution in [0.15, 0.2) is 30.3 Å². The Morgan fingerprint density at radius 3 is 2.72 bits per heavy atom. The van der Waals surface area contributed by atoms with Crippen molar-refractivity contribution < 1.29 is 0 Å². The molecule has 0 spiro atoms. The maximum absolute atomic E-state index is 6.02. The Morgan fingerprint density at radius 2 is 2.00 bits per heavy atom. The van der Waals surface area contributed by atoms with E-state index < -0.39 is 0 Å². The zero-order valence-electron chi connectivity index (χ0n) is 10.0. The predicted octanol–water partition coefficient (Wildman–Crippen LogP) is 4.85. The lowest BCUT2D eigenvalue weighted by atomic mass is 10.1. The molecule has 0 unspecified atom stereocenters. The van der Waals surface area contributed by atoms with Gasteiger partial charge >= 0.3 is 0 Å². The van der Waals surface area contributed by atoms with E-state index in [0.717, 1.165) is 15.4 Å². The van der Waals surface area contributed by atoms with Crippen LogP contribution >= 0.6 is 23.8 Å². The fraction of sp³-hybridized carbons (Fsp3) is 0.357. The van der Waals surface area contributed by atoms with Gasteiger partial charge in [-0.25, -0.2) is 4.68 Å². The highest BCUT2D eigenvalue weighted by atomic mass is 35.5. The molecule has 94 valence electrons. The first-order valence-corrected chi connectivity index (χ1v) is 7.10. The number of aromatic amines is 1. The Balaban J connectivity index is 2.00. The van der Waals surface area contributed by atoms with Crippen LogP contribution in [0.2, 0.25) is 5.02 Å². The highest BCUT2D eigenvalue weighted by molar-refractivity contribution is 7.71. The molecule has 2 aromatic rings. The SMILES string of the molecule is S=c1cc(C2CCCC2)[nH]n1-c1cccc(Cl)c1. The van der Waals surface area contributed by atoms with Crippen molar-refractivity contribution in [2.45, 2.75) is 31.6 Å². The first-order chi connectivity index (χ1) is 8.74. The maximum Gasteiger partial charge on any atom is 0.127 e. The lowest BCUT2D eigenvalue weighted by Gasteiger charge is -2.07. The average Bonchev–Trinajstić information content (AvgIpc) is 2.97. The number of hydrogen-bond acceptors (Lipinski definition) is 1. The van der Waals surface area contributed by atoms with Crippen LogP contribution in [0.3, 0.4) is 0 Å². The summed E-state index contributed by atoms with van der Waals surface area (Å²) in [5.41, 5.74) is 2.26. The summed E-state index contributed by atoms with van der Waals surface area (Å²) in [5, 5.41) is 4.15. The van der Waals surface area contributed by atoms with E-state index in [1.54, 1.807) is 0 Å². The summed E-state index contributed by atoms with van der Waals surface area (Å²) >= 11 is 11.4. The third-order valence-electron chi connectivity index (χ3n) is 3.60. The standard InChI is InChI=1S/C14H15ClN2S/c15-11-6-3-7-12(8-11)17-14(18)9-13(16-17)10-4-1-2-5-10/h3,6-10,16H,1-2,4-5H2. The van der Waals surface area contributed by atoms with Crippen LogP contribution in [0, 0.1) is 4.64 Å². The van der Waals surface area contributed by atoms with E-state index in [9.17, 15) is 0 Å². The van der Waals surface area contributed by atoms with Crippen LogP contribution in [0.25, 0.3) is 5.69 Å². The van der Waals surface area contributed by atoms with E-state index >= 15 is 0 Å². The second kappa shape index (κ2) is 4.90. The molecule has 1 N–H and O–H groups in total. The normalized spacial score (nSPS) is 16.3. The summed E-state index contributed by atoms with van der Waals surface area (Å²) in [4.78, 5) is 0. The summed E-state index contributed by atoms with van der Waals surface area (Å²) in [6.07, 6.45) is 5.19. The molecule has 1 aliphatic carbocycles. The number of rotatable bonds is 2. The molecular weight excluding hydrogens is 264 g/mol. The van der Waals surface area contributed by atoms with Gasteiger partial charge in [-0.05, 0) is 37.1 Å². The van der Waals surface area contributed by atoms with Gasteiger partial charge in [-0.2, -0.15) is 0 Å². The van der Waals surface area contributed by atoms with Crippen LogP contribution in [0.1, 0.15) is 37.3 Å². The van der Waals surface area contributed by atoms with Gasteiger partial charge in [-0.15, -0.1) is 0 Å². The second-order valence-electron chi connectivity index (χ2n) is 4.85. The quantitative estimate of drug-likeness (QED) is 0.779. The molecule has 2 nitrogen and oxygen atoms in total. The zero-order valence-corrected chi connectivity index (χ0v) is 11.6. The maximum atomic E-state index is 6.02. The number of H-pyrrole nitrogens is 1. The monoisotopic (exact) mass is 278 g/mol. The third-order valence-corrected chi connectivity index (χ3v) is 4.14. The number of benzene rings is 1. The molecule has 0 atom stereocenters. The molecule has 18 heavy (non-hydrogen) atoms. The third kappa shape index (κ3) is 2.25. The molecule has 0 amide bonds. The number of nitrogens with one attached hydrogen (secondary N) is 1. The Labute approximate surface area is 117 Å². The molecule has 0 aliphatic heterocycles. The van der Waals surface area contributed by atoms with Gasteiger partial charge in [0.1, 0.15) is 4.64 Å². The lowest BCUT2D eigenvalue weighted by molar-refractivity contribution is 0.678. The fourth-order valence-corrected chi connectivity index (χ4v) is 3.13. The van der Waals surface area contributed by atoms with E-state index in [-0.39, 0.29) is 0 Å². The highest BCUT2D eigenvalue weighted by Gasteiger charge is 2.19. The van der Waals surface area contributed by atoms with Crippen LogP contribution in [0.5, 0.6) is 0 Å². The molecule has 4 heteroatoms. The predicted molar refractivity (Wildman–Crippen MR) is 77.2 cm³/mol. The Kier molecular flexibility index (Phi) is 3.27. The first kappa shape index (κ1) is 12.0. The van der Waals surface area contributed by atoms with E-state index in [1.807, 2.05) is 28.9 Å². The molecular formula is C14H15ClN2S. The number of hydrogen-bond donors (Lipinski definition) is 1. The van der Waals surface area contributed by atoms with E-state index in [0.29, 0.717) is 5.92 Å². The van der Waals surface area contributed by atoms with Crippen LogP contribution in [0.4, 0.5) is 0 Å². The lowest BCUT2D eigenvalue weighted by Crippen LogP contribution is -1.99. The molecule has 1 saturated carbocycles. The topological polar surface area (TPSA) is 20.7 Å². The van der Waals surface area contributed by atoms with Crippen molar-refractivity contribution in [3.8, 4) is 5.69 Å². The molecule has 1 aliphatic rings. The molecule has 1 aromatic carbocycles. The van der Waals surface area contributed by atoms with E-state index in [4.69, 9.17) is 23.8 Å². The summed E-state index contributed by atoms with van der Waals surface area (Å²) in [6, 6.07) is 9.83. The molecule has 0 saturated heterocycles. The Morgan fingerprint density at radius 1 is 1.22 bits per heavy atom. The minimum Gasteiger partial charge on any atom is -0.297 e. The van der Waals surface area contributed by atoms with Crippen molar-refractivity contribution in [1.82, 2.24) is 9.78 Å². The Hall–Kier alpha value is -1.06. The van der Waals surface area contributed by atoms with Gasteiger partial charge in [0.25, 0.3) is 0 Å². The summed E-state index contributed by atoms with van der Waals surface area (Å²) in [6.45, 7) is 0. The second-order valence-corrected chi connectivity index (χ2v) is 5.70. The minimum absolute atomic E-state index is 0.645. The van der Waals surface area contributed by atoms with Gasteiger partial charge in [0.05, 0.1) is 5.69 Å². The average molecular weight is 279 g/mol. The van der Waals surface area contributed by atoms with Crippen LogP contribution < -0.4 is 0 Å². The number of halogens is 1. The first-order valence-electron chi connectivity index (χ1n) is 6.32. The summed E-state index contributed by atoms with van der Waals surface area (Å²) < 4.78 is 2.76. The van der Waals surface area contributed by atoms with Gasteiger partial charge in [0.2, 0.25) is 0 Å². The van der Waals surface area contributed by atoms with Crippen molar-refractivity contribution >= 4 is 23.8 Å². The molecule has 1 heterocycles. The zero-order chi connectivity index (χ0) is 12.5. The molecule has 0 radical (unpaired) electrons. The molecule has 1 fully saturated rings. The van der Waals surface area contributed by atoms with Crippen molar-refractivity contribution in [3.05, 3.63) is 45.7 Å². The minimum atomic E-state index is 0.645. The van der Waals surface area contributed by atoms with Crippen molar-refractivity contribution in [2.24, 2.45) is 0 Å². The number of aromatic nitrogens is 2. The molecule has 1 aromatic heterocycles. The Bertz CT molecular complexity index is 608. The molecule has 3 rings (SSSR count). The van der Waals surface area contributed by atoms with Gasteiger partial charge < -0.3 is 0 Å². The largest absolute Gasteiger partial charge is 0.297 e. The fourth-order valence-electron chi connectivity index (χ4n) is 2.67. The summed E-state index contributed by atoms with van der Waals surface area (Å²) in [7, 11) is 0.